The van der Waals surface area contributed by atoms with Crippen molar-refractivity contribution in [1.82, 2.24) is 4.72 Å². The predicted molar refractivity (Wildman–Crippen MR) is 129 cm³/mol. The third-order valence-corrected chi connectivity index (χ3v) is 7.06. The molecule has 6 heteroatoms. The van der Waals surface area contributed by atoms with Crippen molar-refractivity contribution in [2.45, 2.75) is 10.4 Å². The van der Waals surface area contributed by atoms with Gasteiger partial charge < -0.3 is 9.47 Å². The van der Waals surface area contributed by atoms with Crippen LogP contribution in [0.1, 0.15) is 16.7 Å². The highest BCUT2D eigenvalue weighted by atomic mass is 32.2. The first-order valence-corrected chi connectivity index (χ1v) is 11.9. The van der Waals surface area contributed by atoms with Gasteiger partial charge in [-0.2, -0.15) is 4.72 Å². The Morgan fingerprint density at radius 3 is 1.39 bits per heavy atom. The van der Waals surface area contributed by atoms with Crippen LogP contribution in [-0.2, 0) is 15.6 Å². The van der Waals surface area contributed by atoms with Crippen molar-refractivity contribution in [2.75, 3.05) is 14.2 Å². The summed E-state index contributed by atoms with van der Waals surface area (Å²) in [5.74, 6) is 1.36. The normalized spacial score (nSPS) is 11.7. The average Bonchev–Trinajstić information content (AvgIpc) is 2.88. The lowest BCUT2D eigenvalue weighted by Gasteiger charge is -2.36. The molecule has 0 spiro atoms. The molecule has 0 fully saturated rings. The second kappa shape index (κ2) is 9.48. The zero-order chi connectivity index (χ0) is 23.3. The van der Waals surface area contributed by atoms with Gasteiger partial charge in [0, 0.05) is 0 Å². The van der Waals surface area contributed by atoms with Gasteiger partial charge in [-0.05, 0) is 53.1 Å². The molecule has 4 rings (SSSR count). The Balaban J connectivity index is 2.00. The van der Waals surface area contributed by atoms with Crippen LogP contribution >= 0.6 is 0 Å². The van der Waals surface area contributed by atoms with Gasteiger partial charge in [0.1, 0.15) is 17.0 Å². The maximum Gasteiger partial charge on any atom is 0.241 e. The van der Waals surface area contributed by atoms with Gasteiger partial charge in [0.05, 0.1) is 19.1 Å². The molecule has 0 saturated carbocycles. The number of ether oxygens (including phenoxy) is 2. The Bertz CT molecular complexity index is 1240. The summed E-state index contributed by atoms with van der Waals surface area (Å²) in [5.41, 5.74) is 1.08. The Kier molecular flexibility index (Phi) is 6.49. The summed E-state index contributed by atoms with van der Waals surface area (Å²) in [6, 6.07) is 32.7. The Hall–Kier alpha value is -3.61. The quantitative estimate of drug-likeness (QED) is 0.378. The lowest BCUT2D eigenvalue weighted by Crippen LogP contribution is -2.47. The van der Waals surface area contributed by atoms with Crippen LogP contribution in [0.25, 0.3) is 0 Å². The first-order valence-electron chi connectivity index (χ1n) is 10.4. The molecule has 0 saturated heterocycles. The number of nitrogens with one attached hydrogen (secondary N) is 1. The Morgan fingerprint density at radius 1 is 0.576 bits per heavy atom. The van der Waals surface area contributed by atoms with E-state index in [0.29, 0.717) is 11.5 Å². The fourth-order valence-corrected chi connectivity index (χ4v) is 5.30. The summed E-state index contributed by atoms with van der Waals surface area (Å²) in [6.45, 7) is 0. The summed E-state index contributed by atoms with van der Waals surface area (Å²) in [6.07, 6.45) is 0. The zero-order valence-corrected chi connectivity index (χ0v) is 19.3. The molecule has 168 valence electrons. The third kappa shape index (κ3) is 4.49. The Labute approximate surface area is 194 Å². The molecule has 1 N–H and O–H groups in total. The highest BCUT2D eigenvalue weighted by Crippen LogP contribution is 2.39. The number of hydrogen-bond donors (Lipinski definition) is 1. The molecule has 0 radical (unpaired) electrons. The monoisotopic (exact) mass is 459 g/mol. The summed E-state index contributed by atoms with van der Waals surface area (Å²) in [5, 5.41) is 0. The molecule has 0 aliphatic heterocycles. The lowest BCUT2D eigenvalue weighted by atomic mass is 9.78. The molecule has 0 heterocycles. The minimum atomic E-state index is -3.91. The van der Waals surface area contributed by atoms with Gasteiger partial charge in [-0.3, -0.25) is 0 Å². The first-order chi connectivity index (χ1) is 16.0. The predicted octanol–water partition coefficient (Wildman–Crippen LogP) is 4.97. The van der Waals surface area contributed by atoms with E-state index in [1.54, 1.807) is 44.6 Å². The van der Waals surface area contributed by atoms with E-state index in [1.165, 1.54) is 0 Å². The van der Waals surface area contributed by atoms with Crippen molar-refractivity contribution < 1.29 is 17.9 Å². The van der Waals surface area contributed by atoms with E-state index < -0.39 is 15.6 Å². The fraction of sp³-hybridized carbons (Fsp3) is 0.111. The van der Waals surface area contributed by atoms with E-state index >= 15 is 0 Å². The van der Waals surface area contributed by atoms with Crippen LogP contribution in [0.5, 0.6) is 11.5 Å². The van der Waals surface area contributed by atoms with Gasteiger partial charge >= 0.3 is 0 Å². The van der Waals surface area contributed by atoms with Gasteiger partial charge in [-0.1, -0.05) is 72.8 Å². The van der Waals surface area contributed by atoms with Gasteiger partial charge in [0.25, 0.3) is 0 Å². The molecule has 0 bridgehead atoms. The second-order valence-corrected chi connectivity index (χ2v) is 9.17. The lowest BCUT2D eigenvalue weighted by molar-refractivity contribution is 0.413. The van der Waals surface area contributed by atoms with E-state index in [0.717, 1.165) is 16.7 Å². The van der Waals surface area contributed by atoms with Crippen LogP contribution in [0.2, 0.25) is 0 Å². The summed E-state index contributed by atoms with van der Waals surface area (Å²) >= 11 is 0. The highest BCUT2D eigenvalue weighted by Gasteiger charge is 2.40. The van der Waals surface area contributed by atoms with Gasteiger partial charge in [-0.15, -0.1) is 0 Å². The van der Waals surface area contributed by atoms with E-state index in [2.05, 4.69) is 4.72 Å². The van der Waals surface area contributed by atoms with Crippen LogP contribution in [0.15, 0.2) is 114 Å². The first kappa shape index (κ1) is 22.6. The molecule has 5 nitrogen and oxygen atoms in total. The second-order valence-electron chi connectivity index (χ2n) is 7.49. The van der Waals surface area contributed by atoms with Crippen LogP contribution in [0.3, 0.4) is 0 Å². The molecule has 0 amide bonds. The maximum atomic E-state index is 13.7. The number of hydrogen-bond acceptors (Lipinski definition) is 4. The number of sulfonamides is 1. The Morgan fingerprint density at radius 2 is 0.970 bits per heavy atom. The average molecular weight is 460 g/mol. The van der Waals surface area contributed by atoms with Gasteiger partial charge in [0.2, 0.25) is 10.0 Å². The smallest absolute Gasteiger partial charge is 0.241 e. The van der Waals surface area contributed by atoms with Crippen molar-refractivity contribution >= 4 is 10.0 Å². The molecule has 0 aliphatic rings. The molecular formula is C27H25NO4S. The topological polar surface area (TPSA) is 64.6 Å². The van der Waals surface area contributed by atoms with E-state index in [1.807, 2.05) is 78.9 Å². The molecule has 0 aliphatic carbocycles. The minimum Gasteiger partial charge on any atom is -0.497 e. The maximum absolute atomic E-state index is 13.7. The molecule has 33 heavy (non-hydrogen) atoms. The largest absolute Gasteiger partial charge is 0.497 e. The number of rotatable bonds is 8. The van der Waals surface area contributed by atoms with Crippen molar-refractivity contribution in [1.29, 1.82) is 0 Å². The third-order valence-electron chi connectivity index (χ3n) is 5.59. The molecular weight excluding hydrogens is 434 g/mol. The standard InChI is InChI=1S/C27H25NO4S/c1-31-24-17-13-22(14-18-24)27(21-9-5-3-6-10-21,23-15-19-25(32-2)20-16-23)28-33(29,30)26-11-7-4-8-12-26/h3-20,28H,1-2H3. The minimum absolute atomic E-state index is 0.187. The SMILES string of the molecule is COc1ccc(C(NS(=O)(=O)c2ccccc2)(c2ccccc2)c2ccc(OC)cc2)cc1. The van der Waals surface area contributed by atoms with Gasteiger partial charge in [-0.25, -0.2) is 8.42 Å². The summed E-state index contributed by atoms with van der Waals surface area (Å²) < 4.78 is 41.0. The molecule has 4 aromatic rings. The molecule has 0 unspecified atom stereocenters. The molecule has 0 aromatic heterocycles. The van der Waals surface area contributed by atoms with Gasteiger partial charge in [0.15, 0.2) is 0 Å². The summed E-state index contributed by atoms with van der Waals surface area (Å²) in [7, 11) is -0.710. The van der Waals surface area contributed by atoms with Crippen LogP contribution in [0.4, 0.5) is 0 Å². The van der Waals surface area contributed by atoms with Crippen LogP contribution in [0, 0.1) is 0 Å². The number of benzene rings is 4. The van der Waals surface area contributed by atoms with E-state index in [-0.39, 0.29) is 4.90 Å². The number of methoxy groups -OCH3 is 2. The van der Waals surface area contributed by atoms with E-state index in [9.17, 15) is 8.42 Å². The van der Waals surface area contributed by atoms with Crippen LogP contribution in [-0.4, -0.2) is 22.6 Å². The highest BCUT2D eigenvalue weighted by molar-refractivity contribution is 7.89. The summed E-state index contributed by atoms with van der Waals surface area (Å²) in [4.78, 5) is 0.187. The van der Waals surface area contributed by atoms with Crippen molar-refractivity contribution in [3.8, 4) is 11.5 Å². The van der Waals surface area contributed by atoms with E-state index in [4.69, 9.17) is 9.47 Å². The fourth-order valence-electron chi connectivity index (χ4n) is 3.91. The van der Waals surface area contributed by atoms with Crippen molar-refractivity contribution in [3.05, 3.63) is 126 Å². The van der Waals surface area contributed by atoms with Crippen LogP contribution < -0.4 is 14.2 Å². The van der Waals surface area contributed by atoms with Crippen molar-refractivity contribution in [3.63, 3.8) is 0 Å². The zero-order valence-electron chi connectivity index (χ0n) is 18.4. The molecule has 4 aromatic carbocycles. The molecule has 0 atom stereocenters. The van der Waals surface area contributed by atoms with Crippen molar-refractivity contribution in [2.24, 2.45) is 0 Å².